The molecule has 1 aromatic heterocycles. The standard InChI is InChI=1S/C22H19N3O2S/c26-14-19(15-8-2-1-3-9-15)25-22(27)24-17-11-5-4-10-16(17)21-23-18-12-6-7-13-20(18)28-21/h1-13,19,26H,14H2,(H2,24,25,27). The molecule has 28 heavy (non-hydrogen) atoms. The predicted molar refractivity (Wildman–Crippen MR) is 113 cm³/mol. The maximum Gasteiger partial charge on any atom is 0.319 e. The first-order valence-corrected chi connectivity index (χ1v) is 9.74. The molecule has 1 heterocycles. The topological polar surface area (TPSA) is 74.2 Å². The lowest BCUT2D eigenvalue weighted by Crippen LogP contribution is -2.34. The molecule has 5 nitrogen and oxygen atoms in total. The van der Waals surface area contributed by atoms with Crippen molar-refractivity contribution < 1.29 is 9.90 Å². The number of aliphatic hydroxyl groups is 1. The van der Waals surface area contributed by atoms with Crippen LogP contribution in [0.1, 0.15) is 11.6 Å². The van der Waals surface area contributed by atoms with Crippen LogP contribution in [-0.4, -0.2) is 22.7 Å². The highest BCUT2D eigenvalue weighted by molar-refractivity contribution is 7.21. The Bertz CT molecular complexity index is 1060. The minimum Gasteiger partial charge on any atom is -0.394 e. The van der Waals surface area contributed by atoms with Crippen molar-refractivity contribution in [3.05, 3.63) is 84.4 Å². The van der Waals surface area contributed by atoms with Gasteiger partial charge in [0.05, 0.1) is 28.6 Å². The van der Waals surface area contributed by atoms with Gasteiger partial charge in [-0.2, -0.15) is 0 Å². The second-order valence-corrected chi connectivity index (χ2v) is 7.31. The van der Waals surface area contributed by atoms with Crippen LogP contribution in [0.15, 0.2) is 78.9 Å². The van der Waals surface area contributed by atoms with E-state index in [2.05, 4.69) is 15.6 Å². The van der Waals surface area contributed by atoms with Gasteiger partial charge in [0, 0.05) is 5.56 Å². The quantitative estimate of drug-likeness (QED) is 0.458. The van der Waals surface area contributed by atoms with Gasteiger partial charge in [-0.15, -0.1) is 11.3 Å². The summed E-state index contributed by atoms with van der Waals surface area (Å²) in [6.07, 6.45) is 0. The van der Waals surface area contributed by atoms with Crippen LogP contribution in [0, 0.1) is 0 Å². The van der Waals surface area contributed by atoms with Crippen molar-refractivity contribution in [3.63, 3.8) is 0 Å². The number of carbonyl (C=O) groups excluding carboxylic acids is 1. The average molecular weight is 389 g/mol. The van der Waals surface area contributed by atoms with Crippen LogP contribution in [0.5, 0.6) is 0 Å². The fourth-order valence-corrected chi connectivity index (χ4v) is 4.01. The number of hydrogen-bond donors (Lipinski definition) is 3. The molecule has 0 aliphatic heterocycles. The van der Waals surface area contributed by atoms with Crippen molar-refractivity contribution in [2.24, 2.45) is 0 Å². The maximum atomic E-state index is 12.6. The van der Waals surface area contributed by atoms with E-state index in [4.69, 9.17) is 0 Å². The fourth-order valence-electron chi connectivity index (χ4n) is 3.00. The first kappa shape index (κ1) is 18.2. The van der Waals surface area contributed by atoms with Gasteiger partial charge in [0.15, 0.2) is 0 Å². The van der Waals surface area contributed by atoms with E-state index < -0.39 is 6.04 Å². The zero-order valence-electron chi connectivity index (χ0n) is 15.0. The number of benzene rings is 3. The average Bonchev–Trinajstić information content (AvgIpc) is 3.17. The summed E-state index contributed by atoms with van der Waals surface area (Å²) in [5.41, 5.74) is 3.31. The number of carbonyl (C=O) groups is 1. The summed E-state index contributed by atoms with van der Waals surface area (Å²) < 4.78 is 1.10. The highest BCUT2D eigenvalue weighted by Crippen LogP contribution is 2.34. The monoisotopic (exact) mass is 389 g/mol. The second-order valence-electron chi connectivity index (χ2n) is 6.28. The van der Waals surface area contributed by atoms with Gasteiger partial charge in [0.1, 0.15) is 5.01 Å². The number of aliphatic hydroxyl groups excluding tert-OH is 1. The highest BCUT2D eigenvalue weighted by Gasteiger charge is 2.16. The number of nitrogens with one attached hydrogen (secondary N) is 2. The molecule has 4 aromatic rings. The van der Waals surface area contributed by atoms with Crippen molar-refractivity contribution in [1.29, 1.82) is 0 Å². The molecule has 140 valence electrons. The van der Waals surface area contributed by atoms with Crippen molar-refractivity contribution in [2.75, 3.05) is 11.9 Å². The van der Waals surface area contributed by atoms with E-state index >= 15 is 0 Å². The molecule has 4 rings (SSSR count). The largest absolute Gasteiger partial charge is 0.394 e. The number of anilines is 1. The third-order valence-corrected chi connectivity index (χ3v) is 5.46. The summed E-state index contributed by atoms with van der Waals surface area (Å²) in [5, 5.41) is 16.2. The lowest BCUT2D eigenvalue weighted by molar-refractivity contribution is 0.225. The molecule has 0 saturated heterocycles. The van der Waals surface area contributed by atoms with Crippen LogP contribution < -0.4 is 10.6 Å². The lowest BCUT2D eigenvalue weighted by atomic mass is 10.1. The molecule has 6 heteroatoms. The number of fused-ring (bicyclic) bond motifs is 1. The van der Waals surface area contributed by atoms with Gasteiger partial charge in [0.25, 0.3) is 0 Å². The Morgan fingerprint density at radius 2 is 1.68 bits per heavy atom. The molecule has 0 spiro atoms. The zero-order valence-corrected chi connectivity index (χ0v) is 15.8. The van der Waals surface area contributed by atoms with Gasteiger partial charge in [-0.25, -0.2) is 9.78 Å². The van der Waals surface area contributed by atoms with Gasteiger partial charge >= 0.3 is 6.03 Å². The Morgan fingerprint density at radius 3 is 2.46 bits per heavy atom. The molecule has 1 atom stereocenters. The van der Waals surface area contributed by atoms with Crippen LogP contribution in [0.2, 0.25) is 0 Å². The Labute approximate surface area is 166 Å². The molecule has 3 aromatic carbocycles. The molecular weight excluding hydrogens is 370 g/mol. The summed E-state index contributed by atoms with van der Waals surface area (Å²) in [7, 11) is 0. The van der Waals surface area contributed by atoms with Crippen LogP contribution >= 0.6 is 11.3 Å². The number of amides is 2. The lowest BCUT2D eigenvalue weighted by Gasteiger charge is -2.18. The van der Waals surface area contributed by atoms with Crippen molar-refractivity contribution in [3.8, 4) is 10.6 Å². The summed E-state index contributed by atoms with van der Waals surface area (Å²) in [4.78, 5) is 17.2. The fraction of sp³-hybridized carbons (Fsp3) is 0.0909. The molecule has 3 N–H and O–H groups in total. The second kappa shape index (κ2) is 8.21. The molecule has 0 aliphatic carbocycles. The van der Waals surface area contributed by atoms with Crippen LogP contribution in [0.3, 0.4) is 0 Å². The summed E-state index contributed by atoms with van der Waals surface area (Å²) in [6.45, 7) is -0.184. The van der Waals surface area contributed by atoms with Crippen molar-refractivity contribution in [2.45, 2.75) is 6.04 Å². The van der Waals surface area contributed by atoms with E-state index in [0.717, 1.165) is 26.4 Å². The number of hydrogen-bond acceptors (Lipinski definition) is 4. The van der Waals surface area contributed by atoms with Gasteiger partial charge in [-0.1, -0.05) is 54.6 Å². The molecule has 0 aliphatic rings. The van der Waals surface area contributed by atoms with Gasteiger partial charge in [0.2, 0.25) is 0 Å². The van der Waals surface area contributed by atoms with Crippen molar-refractivity contribution in [1.82, 2.24) is 10.3 Å². The highest BCUT2D eigenvalue weighted by atomic mass is 32.1. The number of para-hydroxylation sites is 2. The molecule has 2 amide bonds. The molecular formula is C22H19N3O2S. The normalized spacial score (nSPS) is 11.9. The molecule has 1 unspecified atom stereocenters. The number of nitrogens with zero attached hydrogens (tertiary/aromatic N) is 1. The summed E-state index contributed by atoms with van der Waals surface area (Å²) in [6, 6.07) is 24.1. The minimum atomic E-state index is -0.476. The Morgan fingerprint density at radius 1 is 0.964 bits per heavy atom. The first-order chi connectivity index (χ1) is 13.7. The van der Waals surface area contributed by atoms with Crippen LogP contribution in [0.25, 0.3) is 20.8 Å². The van der Waals surface area contributed by atoms with Crippen molar-refractivity contribution >= 4 is 33.3 Å². The number of rotatable bonds is 5. The third kappa shape index (κ3) is 3.88. The Hall–Kier alpha value is -3.22. The summed E-state index contributed by atoms with van der Waals surface area (Å²) >= 11 is 1.58. The van der Waals surface area contributed by atoms with Crippen LogP contribution in [-0.2, 0) is 0 Å². The van der Waals surface area contributed by atoms with Gasteiger partial charge in [-0.05, 0) is 29.8 Å². The Kier molecular flexibility index (Phi) is 5.32. The van der Waals surface area contributed by atoms with E-state index in [0.29, 0.717) is 5.69 Å². The molecule has 0 saturated carbocycles. The molecule has 0 bridgehead atoms. The minimum absolute atomic E-state index is 0.184. The van der Waals surface area contributed by atoms with E-state index in [1.807, 2.05) is 78.9 Å². The number of aromatic nitrogens is 1. The Balaban J connectivity index is 1.56. The predicted octanol–water partition coefficient (Wildman–Crippen LogP) is 4.82. The van der Waals surface area contributed by atoms with E-state index in [1.165, 1.54) is 0 Å². The number of thiazole rings is 1. The number of urea groups is 1. The van der Waals surface area contributed by atoms with Gasteiger partial charge < -0.3 is 15.7 Å². The maximum absolute atomic E-state index is 12.6. The smallest absolute Gasteiger partial charge is 0.319 e. The van der Waals surface area contributed by atoms with E-state index in [9.17, 15) is 9.90 Å². The van der Waals surface area contributed by atoms with Gasteiger partial charge in [-0.3, -0.25) is 0 Å². The SMILES string of the molecule is O=C(Nc1ccccc1-c1nc2ccccc2s1)NC(CO)c1ccccc1. The first-order valence-electron chi connectivity index (χ1n) is 8.93. The molecule has 0 radical (unpaired) electrons. The summed E-state index contributed by atoms with van der Waals surface area (Å²) in [5.74, 6) is 0. The molecule has 0 fully saturated rings. The van der Waals surface area contributed by atoms with E-state index in [-0.39, 0.29) is 12.6 Å². The van der Waals surface area contributed by atoms with E-state index in [1.54, 1.807) is 11.3 Å². The van der Waals surface area contributed by atoms with Crippen LogP contribution in [0.4, 0.5) is 10.5 Å². The zero-order chi connectivity index (χ0) is 19.3. The third-order valence-electron chi connectivity index (χ3n) is 4.39.